The SMILES string of the molecule is Cc1cc(CNC(C)C)cc(N2CC(C)C(C)C2)n1. The molecular formula is C16H27N3. The van der Waals surface area contributed by atoms with Crippen molar-refractivity contribution in [3.63, 3.8) is 0 Å². The second-order valence-corrected chi connectivity index (χ2v) is 6.37. The molecule has 2 heterocycles. The van der Waals surface area contributed by atoms with Crippen molar-refractivity contribution in [3.8, 4) is 0 Å². The van der Waals surface area contributed by atoms with Crippen LogP contribution in [0.2, 0.25) is 0 Å². The number of anilines is 1. The zero-order valence-corrected chi connectivity index (χ0v) is 12.9. The number of nitrogens with zero attached hydrogens (tertiary/aromatic N) is 2. The molecule has 106 valence electrons. The number of hydrogen-bond acceptors (Lipinski definition) is 3. The van der Waals surface area contributed by atoms with Gasteiger partial charge in [0.25, 0.3) is 0 Å². The molecule has 0 saturated carbocycles. The van der Waals surface area contributed by atoms with Gasteiger partial charge in [0.2, 0.25) is 0 Å². The van der Waals surface area contributed by atoms with Crippen LogP contribution < -0.4 is 10.2 Å². The molecule has 1 saturated heterocycles. The lowest BCUT2D eigenvalue weighted by molar-refractivity contribution is 0.494. The first-order valence-electron chi connectivity index (χ1n) is 7.41. The monoisotopic (exact) mass is 261 g/mol. The molecular weight excluding hydrogens is 234 g/mol. The van der Waals surface area contributed by atoms with E-state index in [1.807, 2.05) is 0 Å². The highest BCUT2D eigenvalue weighted by Gasteiger charge is 2.27. The van der Waals surface area contributed by atoms with Gasteiger partial charge >= 0.3 is 0 Å². The van der Waals surface area contributed by atoms with Crippen LogP contribution in [-0.4, -0.2) is 24.1 Å². The summed E-state index contributed by atoms with van der Waals surface area (Å²) in [5, 5.41) is 3.48. The maximum Gasteiger partial charge on any atom is 0.129 e. The Bertz CT molecular complexity index is 418. The van der Waals surface area contributed by atoms with Crippen LogP contribution >= 0.6 is 0 Å². The van der Waals surface area contributed by atoms with Crippen LogP contribution in [-0.2, 0) is 6.54 Å². The molecule has 1 fully saturated rings. The van der Waals surface area contributed by atoms with Crippen LogP contribution in [0, 0.1) is 18.8 Å². The van der Waals surface area contributed by atoms with Gasteiger partial charge in [-0.05, 0) is 36.5 Å². The lowest BCUT2D eigenvalue weighted by atomic mass is 10.0. The molecule has 0 aliphatic carbocycles. The molecule has 1 aromatic rings. The zero-order valence-electron chi connectivity index (χ0n) is 12.9. The third-order valence-corrected chi connectivity index (χ3v) is 4.03. The number of aromatic nitrogens is 1. The van der Waals surface area contributed by atoms with Crippen LogP contribution in [0.25, 0.3) is 0 Å². The Morgan fingerprint density at radius 3 is 2.47 bits per heavy atom. The average Bonchev–Trinajstić information content (AvgIpc) is 2.66. The Morgan fingerprint density at radius 1 is 1.26 bits per heavy atom. The molecule has 0 amide bonds. The van der Waals surface area contributed by atoms with Gasteiger partial charge < -0.3 is 10.2 Å². The Balaban J connectivity index is 2.13. The fourth-order valence-electron chi connectivity index (χ4n) is 2.62. The summed E-state index contributed by atoms with van der Waals surface area (Å²) >= 11 is 0. The van der Waals surface area contributed by atoms with Crippen LogP contribution in [0.15, 0.2) is 12.1 Å². The largest absolute Gasteiger partial charge is 0.356 e. The van der Waals surface area contributed by atoms with Crippen LogP contribution in [0.5, 0.6) is 0 Å². The first-order chi connectivity index (χ1) is 8.95. The van der Waals surface area contributed by atoms with E-state index < -0.39 is 0 Å². The van der Waals surface area contributed by atoms with E-state index in [4.69, 9.17) is 4.98 Å². The van der Waals surface area contributed by atoms with Crippen LogP contribution in [0.3, 0.4) is 0 Å². The molecule has 1 aliphatic heterocycles. The minimum atomic E-state index is 0.517. The Labute approximate surface area is 117 Å². The topological polar surface area (TPSA) is 28.2 Å². The normalized spacial score (nSPS) is 23.4. The van der Waals surface area contributed by atoms with Crippen molar-refractivity contribution >= 4 is 5.82 Å². The molecule has 0 spiro atoms. The Morgan fingerprint density at radius 2 is 1.89 bits per heavy atom. The highest BCUT2D eigenvalue weighted by Crippen LogP contribution is 2.27. The van der Waals surface area contributed by atoms with Crippen molar-refractivity contribution in [1.82, 2.24) is 10.3 Å². The van der Waals surface area contributed by atoms with Gasteiger partial charge in [0.15, 0.2) is 0 Å². The quantitative estimate of drug-likeness (QED) is 0.903. The van der Waals surface area contributed by atoms with E-state index in [1.165, 1.54) is 5.56 Å². The molecule has 2 atom stereocenters. The first kappa shape index (κ1) is 14.3. The molecule has 19 heavy (non-hydrogen) atoms. The lowest BCUT2D eigenvalue weighted by Crippen LogP contribution is -2.24. The van der Waals surface area contributed by atoms with Crippen molar-refractivity contribution < 1.29 is 0 Å². The zero-order chi connectivity index (χ0) is 14.0. The number of hydrogen-bond donors (Lipinski definition) is 1. The summed E-state index contributed by atoms with van der Waals surface area (Å²) in [5.41, 5.74) is 2.45. The van der Waals surface area contributed by atoms with Crippen molar-refractivity contribution in [2.75, 3.05) is 18.0 Å². The van der Waals surface area contributed by atoms with Gasteiger partial charge in [0.05, 0.1) is 0 Å². The molecule has 2 rings (SSSR count). The smallest absolute Gasteiger partial charge is 0.129 e. The molecule has 0 bridgehead atoms. The minimum Gasteiger partial charge on any atom is -0.356 e. The lowest BCUT2D eigenvalue weighted by Gasteiger charge is -2.19. The maximum atomic E-state index is 4.71. The van der Waals surface area contributed by atoms with Crippen molar-refractivity contribution in [1.29, 1.82) is 0 Å². The van der Waals surface area contributed by atoms with Gasteiger partial charge in [0.1, 0.15) is 5.82 Å². The molecule has 3 heteroatoms. The number of nitrogens with one attached hydrogen (secondary N) is 1. The predicted molar refractivity (Wildman–Crippen MR) is 81.5 cm³/mol. The van der Waals surface area contributed by atoms with E-state index in [0.717, 1.165) is 43.0 Å². The van der Waals surface area contributed by atoms with Crippen LogP contribution in [0.4, 0.5) is 5.82 Å². The number of aryl methyl sites for hydroxylation is 1. The fraction of sp³-hybridized carbons (Fsp3) is 0.688. The standard InChI is InChI=1S/C16H27N3/c1-11(2)17-8-15-6-14(5)18-16(7-15)19-9-12(3)13(4)10-19/h6-7,11-13,17H,8-10H2,1-5H3. The summed E-state index contributed by atoms with van der Waals surface area (Å²) < 4.78 is 0. The molecule has 1 aliphatic rings. The molecule has 0 aromatic carbocycles. The van der Waals surface area contributed by atoms with Gasteiger partial charge in [-0.1, -0.05) is 27.7 Å². The van der Waals surface area contributed by atoms with Crippen LogP contribution in [0.1, 0.15) is 39.0 Å². The molecule has 2 unspecified atom stereocenters. The highest BCUT2D eigenvalue weighted by molar-refractivity contribution is 5.44. The predicted octanol–water partition coefficient (Wildman–Crippen LogP) is 2.98. The highest BCUT2D eigenvalue weighted by atomic mass is 15.2. The van der Waals surface area contributed by atoms with Gasteiger partial charge in [-0.25, -0.2) is 4.98 Å². The Kier molecular flexibility index (Phi) is 4.46. The van der Waals surface area contributed by atoms with Gasteiger partial charge in [-0.15, -0.1) is 0 Å². The summed E-state index contributed by atoms with van der Waals surface area (Å²) in [7, 11) is 0. The molecule has 3 nitrogen and oxygen atoms in total. The van der Waals surface area contributed by atoms with Crippen molar-refractivity contribution in [2.24, 2.45) is 11.8 Å². The average molecular weight is 261 g/mol. The first-order valence-corrected chi connectivity index (χ1v) is 7.41. The third kappa shape index (κ3) is 3.69. The summed E-state index contributed by atoms with van der Waals surface area (Å²) in [6, 6.07) is 4.94. The second kappa shape index (κ2) is 5.91. The van der Waals surface area contributed by atoms with E-state index in [9.17, 15) is 0 Å². The van der Waals surface area contributed by atoms with E-state index in [1.54, 1.807) is 0 Å². The van der Waals surface area contributed by atoms with Gasteiger partial charge in [-0.2, -0.15) is 0 Å². The van der Waals surface area contributed by atoms with E-state index in [2.05, 4.69) is 57.0 Å². The number of rotatable bonds is 4. The third-order valence-electron chi connectivity index (χ3n) is 4.03. The summed E-state index contributed by atoms with van der Waals surface area (Å²) in [6.07, 6.45) is 0. The second-order valence-electron chi connectivity index (χ2n) is 6.37. The van der Waals surface area contributed by atoms with Crippen molar-refractivity contribution in [2.45, 2.75) is 47.2 Å². The Hall–Kier alpha value is -1.09. The molecule has 0 radical (unpaired) electrons. The maximum absolute atomic E-state index is 4.71. The minimum absolute atomic E-state index is 0.517. The summed E-state index contributed by atoms with van der Waals surface area (Å²) in [6.45, 7) is 14.3. The summed E-state index contributed by atoms with van der Waals surface area (Å²) in [4.78, 5) is 7.14. The van der Waals surface area contributed by atoms with E-state index in [0.29, 0.717) is 6.04 Å². The van der Waals surface area contributed by atoms with E-state index in [-0.39, 0.29) is 0 Å². The number of pyridine rings is 1. The summed E-state index contributed by atoms with van der Waals surface area (Å²) in [5.74, 6) is 2.68. The van der Waals surface area contributed by atoms with Gasteiger partial charge in [0, 0.05) is 31.4 Å². The van der Waals surface area contributed by atoms with Crippen molar-refractivity contribution in [3.05, 3.63) is 23.4 Å². The van der Waals surface area contributed by atoms with Gasteiger partial charge in [-0.3, -0.25) is 0 Å². The van der Waals surface area contributed by atoms with E-state index >= 15 is 0 Å². The fourth-order valence-corrected chi connectivity index (χ4v) is 2.62. The molecule has 1 N–H and O–H groups in total. The molecule has 1 aromatic heterocycles.